The quantitative estimate of drug-likeness (QED) is 0.933. The fourth-order valence-corrected chi connectivity index (χ4v) is 2.12. The smallest absolute Gasteiger partial charge is 0.231 e. The molecule has 2 heterocycles. The highest BCUT2D eigenvalue weighted by Crippen LogP contribution is 2.35. The van der Waals surface area contributed by atoms with E-state index in [4.69, 9.17) is 14.0 Å². The highest BCUT2D eigenvalue weighted by atomic mass is 16.7. The summed E-state index contributed by atoms with van der Waals surface area (Å²) in [5.74, 6) is 1.92. The molecule has 6 nitrogen and oxygen atoms in total. The summed E-state index contributed by atoms with van der Waals surface area (Å²) in [5.41, 5.74) is 1.43. The summed E-state index contributed by atoms with van der Waals surface area (Å²) in [4.78, 5) is 11.7. The van der Waals surface area contributed by atoms with Crippen molar-refractivity contribution in [3.8, 4) is 22.8 Å². The third kappa shape index (κ3) is 2.99. The van der Waals surface area contributed by atoms with Crippen molar-refractivity contribution < 1.29 is 18.8 Å². The lowest BCUT2D eigenvalue weighted by Crippen LogP contribution is -2.31. The first-order valence-corrected chi connectivity index (χ1v) is 6.77. The highest BCUT2D eigenvalue weighted by molar-refractivity contribution is 5.78. The molecule has 0 spiro atoms. The van der Waals surface area contributed by atoms with Crippen molar-refractivity contribution in [1.29, 1.82) is 0 Å². The van der Waals surface area contributed by atoms with E-state index in [1.807, 2.05) is 32.0 Å². The Bertz CT molecular complexity index is 663. The van der Waals surface area contributed by atoms with Gasteiger partial charge in [0.1, 0.15) is 0 Å². The summed E-state index contributed by atoms with van der Waals surface area (Å²) in [5, 5.41) is 6.74. The van der Waals surface area contributed by atoms with E-state index in [2.05, 4.69) is 10.5 Å². The van der Waals surface area contributed by atoms with Crippen LogP contribution in [0.25, 0.3) is 11.3 Å². The van der Waals surface area contributed by atoms with Gasteiger partial charge in [0.05, 0.1) is 12.1 Å². The first kappa shape index (κ1) is 13.5. The summed E-state index contributed by atoms with van der Waals surface area (Å²) >= 11 is 0. The lowest BCUT2D eigenvalue weighted by molar-refractivity contribution is -0.121. The van der Waals surface area contributed by atoms with Crippen molar-refractivity contribution in [2.24, 2.45) is 0 Å². The average molecular weight is 288 g/mol. The van der Waals surface area contributed by atoms with Crippen LogP contribution in [0.1, 0.15) is 19.5 Å². The van der Waals surface area contributed by atoms with Gasteiger partial charge < -0.3 is 19.3 Å². The minimum absolute atomic E-state index is 0.0736. The van der Waals surface area contributed by atoms with Crippen LogP contribution in [0.3, 0.4) is 0 Å². The zero-order valence-electron chi connectivity index (χ0n) is 11.9. The van der Waals surface area contributed by atoms with E-state index in [1.165, 1.54) is 0 Å². The molecule has 1 aromatic heterocycles. The number of benzene rings is 1. The molecule has 110 valence electrons. The molecule has 1 amide bonds. The van der Waals surface area contributed by atoms with Crippen LogP contribution in [0.15, 0.2) is 28.8 Å². The fourth-order valence-electron chi connectivity index (χ4n) is 2.12. The molecule has 0 aliphatic carbocycles. The first-order chi connectivity index (χ1) is 10.1. The Hall–Kier alpha value is -2.50. The van der Waals surface area contributed by atoms with Gasteiger partial charge in [0.2, 0.25) is 12.7 Å². The van der Waals surface area contributed by atoms with Gasteiger partial charge in [0.15, 0.2) is 17.3 Å². The van der Waals surface area contributed by atoms with Crippen LogP contribution >= 0.6 is 0 Å². The highest BCUT2D eigenvalue weighted by Gasteiger charge is 2.16. The monoisotopic (exact) mass is 288 g/mol. The second kappa shape index (κ2) is 5.47. The Labute approximate surface area is 122 Å². The van der Waals surface area contributed by atoms with Gasteiger partial charge in [-0.25, -0.2) is 0 Å². The molecule has 0 unspecified atom stereocenters. The SMILES string of the molecule is CC(C)NC(=O)Cc1cc(-c2ccc3c(c2)OCO3)on1. The Morgan fingerprint density at radius 2 is 2.10 bits per heavy atom. The predicted octanol–water partition coefficient (Wildman–Crippen LogP) is 2.14. The van der Waals surface area contributed by atoms with Gasteiger partial charge in [-0.2, -0.15) is 0 Å². The van der Waals surface area contributed by atoms with Gasteiger partial charge in [0.25, 0.3) is 0 Å². The van der Waals surface area contributed by atoms with Crippen LogP contribution in [-0.4, -0.2) is 23.9 Å². The largest absolute Gasteiger partial charge is 0.454 e. The predicted molar refractivity (Wildman–Crippen MR) is 75.0 cm³/mol. The minimum atomic E-state index is -0.0736. The zero-order chi connectivity index (χ0) is 14.8. The van der Waals surface area contributed by atoms with Crippen molar-refractivity contribution in [1.82, 2.24) is 10.5 Å². The summed E-state index contributed by atoms with van der Waals surface area (Å²) < 4.78 is 15.9. The summed E-state index contributed by atoms with van der Waals surface area (Å²) in [6, 6.07) is 7.40. The van der Waals surface area contributed by atoms with Crippen molar-refractivity contribution in [2.75, 3.05) is 6.79 Å². The number of hydrogen-bond acceptors (Lipinski definition) is 5. The van der Waals surface area contributed by atoms with E-state index in [0.717, 1.165) is 11.3 Å². The number of carbonyl (C=O) groups is 1. The molecule has 0 fully saturated rings. The number of amides is 1. The number of nitrogens with zero attached hydrogens (tertiary/aromatic N) is 1. The average Bonchev–Trinajstić information content (AvgIpc) is 3.04. The Morgan fingerprint density at radius 1 is 1.29 bits per heavy atom. The van der Waals surface area contributed by atoms with Gasteiger partial charge in [-0.15, -0.1) is 0 Å². The van der Waals surface area contributed by atoms with Gasteiger partial charge >= 0.3 is 0 Å². The zero-order valence-corrected chi connectivity index (χ0v) is 11.9. The van der Waals surface area contributed by atoms with Crippen LogP contribution in [0, 0.1) is 0 Å². The molecule has 2 aromatic rings. The fraction of sp³-hybridized carbons (Fsp3) is 0.333. The topological polar surface area (TPSA) is 73.6 Å². The summed E-state index contributed by atoms with van der Waals surface area (Å²) in [6.07, 6.45) is 0.201. The van der Waals surface area contributed by atoms with Crippen LogP contribution in [0.4, 0.5) is 0 Å². The van der Waals surface area contributed by atoms with Crippen molar-refractivity contribution >= 4 is 5.91 Å². The molecule has 1 aliphatic rings. The maximum absolute atomic E-state index is 11.7. The van der Waals surface area contributed by atoms with Crippen LogP contribution < -0.4 is 14.8 Å². The molecule has 6 heteroatoms. The summed E-state index contributed by atoms with van der Waals surface area (Å²) in [6.45, 7) is 4.06. The van der Waals surface area contributed by atoms with Crippen molar-refractivity contribution in [2.45, 2.75) is 26.3 Å². The molecule has 21 heavy (non-hydrogen) atoms. The second-order valence-corrected chi connectivity index (χ2v) is 5.15. The number of fused-ring (bicyclic) bond motifs is 1. The molecule has 1 N–H and O–H groups in total. The Morgan fingerprint density at radius 3 is 2.90 bits per heavy atom. The number of aromatic nitrogens is 1. The van der Waals surface area contributed by atoms with Gasteiger partial charge in [-0.1, -0.05) is 5.16 Å². The molecule has 0 saturated carbocycles. The van der Waals surface area contributed by atoms with Gasteiger partial charge in [-0.05, 0) is 32.0 Å². The Kier molecular flexibility index (Phi) is 3.51. The van der Waals surface area contributed by atoms with E-state index in [-0.39, 0.29) is 25.2 Å². The van der Waals surface area contributed by atoms with Crippen LogP contribution in [0.2, 0.25) is 0 Å². The number of carbonyl (C=O) groups excluding carboxylic acids is 1. The number of rotatable bonds is 4. The Balaban J connectivity index is 1.74. The molecule has 1 aromatic carbocycles. The van der Waals surface area contributed by atoms with Crippen LogP contribution in [-0.2, 0) is 11.2 Å². The lowest BCUT2D eigenvalue weighted by Gasteiger charge is -2.05. The molecular weight excluding hydrogens is 272 g/mol. The normalized spacial score (nSPS) is 12.7. The van der Waals surface area contributed by atoms with E-state index in [9.17, 15) is 4.79 Å². The number of hydrogen-bond donors (Lipinski definition) is 1. The lowest BCUT2D eigenvalue weighted by atomic mass is 10.1. The van der Waals surface area contributed by atoms with Gasteiger partial charge in [0, 0.05) is 17.7 Å². The van der Waals surface area contributed by atoms with E-state index < -0.39 is 0 Å². The van der Waals surface area contributed by atoms with E-state index in [0.29, 0.717) is 17.2 Å². The van der Waals surface area contributed by atoms with E-state index >= 15 is 0 Å². The molecule has 0 bridgehead atoms. The maximum atomic E-state index is 11.7. The van der Waals surface area contributed by atoms with Crippen LogP contribution in [0.5, 0.6) is 11.5 Å². The number of ether oxygens (including phenoxy) is 2. The summed E-state index contributed by atoms with van der Waals surface area (Å²) in [7, 11) is 0. The molecule has 0 saturated heterocycles. The third-order valence-electron chi connectivity index (χ3n) is 3.01. The van der Waals surface area contributed by atoms with Gasteiger partial charge in [-0.3, -0.25) is 4.79 Å². The molecular formula is C15H16N2O4. The maximum Gasteiger partial charge on any atom is 0.231 e. The first-order valence-electron chi connectivity index (χ1n) is 6.77. The molecule has 1 aliphatic heterocycles. The number of nitrogens with one attached hydrogen (secondary N) is 1. The molecule has 3 rings (SSSR count). The van der Waals surface area contributed by atoms with Crippen molar-refractivity contribution in [3.63, 3.8) is 0 Å². The second-order valence-electron chi connectivity index (χ2n) is 5.15. The van der Waals surface area contributed by atoms with Crippen molar-refractivity contribution in [3.05, 3.63) is 30.0 Å². The molecule has 0 radical (unpaired) electrons. The standard InChI is InChI=1S/C15H16N2O4/c1-9(2)16-15(18)7-11-6-13(21-17-11)10-3-4-12-14(5-10)20-8-19-12/h3-6,9H,7-8H2,1-2H3,(H,16,18). The third-order valence-corrected chi connectivity index (χ3v) is 3.01. The molecule has 0 atom stereocenters. The van der Waals surface area contributed by atoms with E-state index in [1.54, 1.807) is 6.07 Å². The minimum Gasteiger partial charge on any atom is -0.454 e.